The van der Waals surface area contributed by atoms with Crippen LogP contribution in [0.4, 0.5) is 0 Å². The number of aromatic hydroxyl groups is 1. The second-order valence-electron chi connectivity index (χ2n) is 15.1. The molecule has 0 amide bonds. The molecular formula is C43H54N2O5. The number of aliphatic hydroxyl groups is 1. The van der Waals surface area contributed by atoms with Crippen molar-refractivity contribution in [2.75, 3.05) is 20.3 Å². The third-order valence-electron chi connectivity index (χ3n) is 12.3. The lowest BCUT2D eigenvalue weighted by Crippen LogP contribution is -2.36. The zero-order valence-electron chi connectivity index (χ0n) is 29.8. The van der Waals surface area contributed by atoms with Crippen molar-refractivity contribution in [2.45, 2.75) is 89.9 Å². The predicted molar refractivity (Wildman–Crippen MR) is 196 cm³/mol. The average Bonchev–Trinajstić information content (AvgIpc) is 3.54. The topological polar surface area (TPSA) is 122 Å². The Balaban J connectivity index is 1.52. The van der Waals surface area contributed by atoms with Crippen molar-refractivity contribution in [3.05, 3.63) is 82.7 Å². The van der Waals surface area contributed by atoms with Crippen molar-refractivity contribution in [3.63, 3.8) is 0 Å². The van der Waals surface area contributed by atoms with Gasteiger partial charge in [0.05, 0.1) is 25.3 Å². The Bertz CT molecular complexity index is 1660. The Labute approximate surface area is 297 Å². The van der Waals surface area contributed by atoms with Crippen LogP contribution in [0, 0.1) is 46.8 Å². The summed E-state index contributed by atoms with van der Waals surface area (Å²) in [5.74, 6) is 7.85. The number of ether oxygens (including phenoxy) is 1. The lowest BCUT2D eigenvalue weighted by atomic mass is 9.62. The molecule has 266 valence electrons. The number of carbonyl (C=O) groups excluding carboxylic acids is 2. The van der Waals surface area contributed by atoms with Crippen LogP contribution in [0.2, 0.25) is 0 Å². The molecule has 5 N–H and O–H groups in total. The zero-order chi connectivity index (χ0) is 35.3. The van der Waals surface area contributed by atoms with Gasteiger partial charge in [-0.1, -0.05) is 74.4 Å². The largest absolute Gasteiger partial charge is 0.504 e. The molecule has 4 aliphatic rings. The number of rotatable bonds is 8. The molecule has 50 heavy (non-hydrogen) atoms. The van der Waals surface area contributed by atoms with Crippen LogP contribution in [0.15, 0.2) is 66.0 Å². The first kappa shape index (κ1) is 35.8. The van der Waals surface area contributed by atoms with Crippen molar-refractivity contribution >= 4 is 11.6 Å². The predicted octanol–water partition coefficient (Wildman–Crippen LogP) is 6.96. The van der Waals surface area contributed by atoms with Crippen LogP contribution < -0.4 is 15.8 Å². The summed E-state index contributed by atoms with van der Waals surface area (Å²) in [4.78, 5) is 28.0. The number of aliphatic hydroxyl groups excluding tert-OH is 1. The van der Waals surface area contributed by atoms with Gasteiger partial charge in [0.25, 0.3) is 0 Å². The number of fused-ring (bicyclic) bond motifs is 2. The standard InChI is InChI=1S/C43H54N2O5/c1-3-9-31(27-46)32-21-34(43(17-7-8-18-43)33-16-19-45-42(44)24-33)20-29-13-15-36(28-10-5-4-6-11-28)37-26-40(49)41(50-2)23-30(37)12-14-35(47)25-39(48)38(29)22-32/h4-6,10-11,16,23-24,26,29,31-32,34,36,38,45-46,49H,3,7-9,12,14,17-22,25,27,44H2,1-2H3/t29-,31+,32-,34+,36+,38-/m0/s1. The van der Waals surface area contributed by atoms with E-state index in [0.29, 0.717) is 31.0 Å². The summed E-state index contributed by atoms with van der Waals surface area (Å²) < 4.78 is 5.47. The summed E-state index contributed by atoms with van der Waals surface area (Å²) in [6, 6.07) is 13.6. The molecule has 2 aromatic carbocycles. The van der Waals surface area contributed by atoms with Crippen LogP contribution in [-0.4, -0.2) is 42.0 Å². The number of nitrogens with one attached hydrogen (secondary N) is 1. The molecule has 0 unspecified atom stereocenters. The molecule has 6 rings (SSSR count). The third kappa shape index (κ3) is 7.51. The lowest BCUT2D eigenvalue weighted by molar-refractivity contribution is -0.130. The van der Waals surface area contributed by atoms with Crippen molar-refractivity contribution < 1.29 is 24.5 Å². The number of aryl methyl sites for hydroxylation is 1. The molecule has 1 heterocycles. The first-order valence-corrected chi connectivity index (χ1v) is 18.8. The fourth-order valence-corrected chi connectivity index (χ4v) is 9.70. The van der Waals surface area contributed by atoms with Crippen molar-refractivity contribution in [2.24, 2.45) is 40.7 Å². The first-order valence-electron chi connectivity index (χ1n) is 18.8. The summed E-state index contributed by atoms with van der Waals surface area (Å²) in [5, 5.41) is 25.0. The highest BCUT2D eigenvalue weighted by Crippen LogP contribution is 2.57. The van der Waals surface area contributed by atoms with Gasteiger partial charge < -0.3 is 26.0 Å². The van der Waals surface area contributed by atoms with E-state index < -0.39 is 5.92 Å². The van der Waals surface area contributed by atoms with Gasteiger partial charge in [0.15, 0.2) is 11.5 Å². The van der Waals surface area contributed by atoms with Gasteiger partial charge in [-0.2, -0.15) is 0 Å². The Morgan fingerprint density at radius 1 is 1.06 bits per heavy atom. The number of phenolic OH excluding ortho intramolecular Hbond substituents is 1. The highest BCUT2D eigenvalue weighted by Gasteiger charge is 2.49. The molecule has 0 radical (unpaired) electrons. The summed E-state index contributed by atoms with van der Waals surface area (Å²) in [6.45, 7) is 2.95. The monoisotopic (exact) mass is 678 g/mol. The Morgan fingerprint density at radius 3 is 2.54 bits per heavy atom. The smallest absolute Gasteiger partial charge is 0.160 e. The number of nitrogens with two attached hydrogens (primary N) is 1. The molecule has 2 saturated carbocycles. The van der Waals surface area contributed by atoms with E-state index in [1.807, 2.05) is 24.3 Å². The van der Waals surface area contributed by atoms with E-state index in [9.17, 15) is 19.8 Å². The maximum Gasteiger partial charge on any atom is 0.160 e. The normalized spacial score (nSPS) is 27.4. The molecule has 6 atom stereocenters. The van der Waals surface area contributed by atoms with Gasteiger partial charge in [0.1, 0.15) is 11.6 Å². The summed E-state index contributed by atoms with van der Waals surface area (Å²) in [5.41, 5.74) is 10.3. The summed E-state index contributed by atoms with van der Waals surface area (Å²) in [7, 11) is 1.52. The molecule has 7 nitrogen and oxygen atoms in total. The number of allylic oxidation sites excluding steroid dienone is 2. The highest BCUT2D eigenvalue weighted by atomic mass is 16.5. The molecule has 2 aromatic rings. The summed E-state index contributed by atoms with van der Waals surface area (Å²) >= 11 is 0. The van der Waals surface area contributed by atoms with Crippen molar-refractivity contribution in [3.8, 4) is 23.3 Å². The quantitative estimate of drug-likeness (QED) is 0.176. The van der Waals surface area contributed by atoms with E-state index in [2.05, 4.69) is 48.4 Å². The van der Waals surface area contributed by atoms with Crippen LogP contribution in [-0.2, 0) is 16.0 Å². The zero-order valence-corrected chi connectivity index (χ0v) is 29.8. The number of phenols is 1. The van der Waals surface area contributed by atoms with Crippen LogP contribution in [0.5, 0.6) is 11.5 Å². The average molecular weight is 679 g/mol. The van der Waals surface area contributed by atoms with Gasteiger partial charge in [-0.05, 0) is 109 Å². The van der Waals surface area contributed by atoms with Crippen molar-refractivity contribution in [1.82, 2.24) is 5.32 Å². The number of hydrogen-bond acceptors (Lipinski definition) is 7. The van der Waals surface area contributed by atoms with Gasteiger partial charge in [-0.3, -0.25) is 9.59 Å². The molecule has 0 spiro atoms. The maximum atomic E-state index is 14.4. The maximum absolute atomic E-state index is 14.4. The fourth-order valence-electron chi connectivity index (χ4n) is 9.70. The molecule has 2 fully saturated rings. The van der Waals surface area contributed by atoms with Gasteiger partial charge in [0.2, 0.25) is 0 Å². The van der Waals surface area contributed by atoms with Crippen LogP contribution in [0.1, 0.15) is 100 Å². The molecule has 7 heteroatoms. The molecule has 0 saturated heterocycles. The number of hydrogen-bond donors (Lipinski definition) is 4. The number of Topliss-reactive ketones (excluding diaryl/α,β-unsaturated/α-hetero) is 2. The van der Waals surface area contributed by atoms with Crippen LogP contribution in [0.25, 0.3) is 0 Å². The molecule has 0 bridgehead atoms. The number of methoxy groups -OCH3 is 1. The number of ketones is 2. The van der Waals surface area contributed by atoms with Gasteiger partial charge in [-0.15, -0.1) is 0 Å². The Morgan fingerprint density at radius 2 is 1.84 bits per heavy atom. The van der Waals surface area contributed by atoms with E-state index in [-0.39, 0.29) is 71.8 Å². The van der Waals surface area contributed by atoms with Crippen LogP contribution in [0.3, 0.4) is 0 Å². The van der Waals surface area contributed by atoms with E-state index >= 15 is 0 Å². The van der Waals surface area contributed by atoms with E-state index in [4.69, 9.17) is 10.5 Å². The Hall–Kier alpha value is -4.02. The summed E-state index contributed by atoms with van der Waals surface area (Å²) in [6.07, 6.45) is 13.5. The molecular weight excluding hydrogens is 624 g/mol. The van der Waals surface area contributed by atoms with Crippen LogP contribution >= 0.6 is 0 Å². The number of carbonyl (C=O) groups is 2. The molecule has 3 aliphatic carbocycles. The van der Waals surface area contributed by atoms with Gasteiger partial charge in [0, 0.05) is 31.4 Å². The Kier molecular flexibility index (Phi) is 11.4. The van der Waals surface area contributed by atoms with E-state index in [1.165, 1.54) is 12.7 Å². The van der Waals surface area contributed by atoms with Gasteiger partial charge >= 0.3 is 0 Å². The second kappa shape index (κ2) is 15.9. The third-order valence-corrected chi connectivity index (χ3v) is 12.3. The van der Waals surface area contributed by atoms with E-state index in [1.54, 1.807) is 6.07 Å². The molecule has 1 aliphatic heterocycles. The highest BCUT2D eigenvalue weighted by molar-refractivity contribution is 6.00. The minimum absolute atomic E-state index is 0.0147. The SMILES string of the molecule is CCC[C@H](CO)[C@H]1C[C@H](C2(C3=CCNC(N)=C3)CCCC2)C[C@@H]2C#C[C@H](c3ccccc3)c3cc(O)c(OC)cc3CCC(=O)CC(=O)[C@H]2C1. The number of benzene rings is 2. The minimum atomic E-state index is -0.395. The lowest BCUT2D eigenvalue weighted by Gasteiger charge is -2.42. The minimum Gasteiger partial charge on any atom is -0.504 e. The van der Waals surface area contributed by atoms with Gasteiger partial charge in [-0.25, -0.2) is 0 Å². The second-order valence-corrected chi connectivity index (χ2v) is 15.1. The van der Waals surface area contributed by atoms with Crippen molar-refractivity contribution in [1.29, 1.82) is 0 Å². The van der Waals surface area contributed by atoms with E-state index in [0.717, 1.165) is 68.1 Å². The molecule has 0 aromatic heterocycles. The number of dihydropyridines is 1. The first-order chi connectivity index (χ1) is 24.3. The fraction of sp³-hybridized carbons (Fsp3) is 0.535.